The van der Waals surface area contributed by atoms with Crippen LogP contribution in [0.4, 0.5) is 0 Å². The van der Waals surface area contributed by atoms with Crippen molar-refractivity contribution in [3.05, 3.63) is 64.6 Å². The number of hydrogen-bond acceptors (Lipinski definition) is 8. The topological polar surface area (TPSA) is 98.6 Å². The molecule has 4 aromatic rings. The maximum absolute atomic E-state index is 11.4. The molecule has 0 bridgehead atoms. The number of thiophene rings is 2. The molecule has 5 rings (SSSR count). The molecule has 1 aliphatic heterocycles. The third-order valence-electron chi connectivity index (χ3n) is 4.68. The summed E-state index contributed by atoms with van der Waals surface area (Å²) in [5.41, 5.74) is 3.09. The molecule has 0 unspecified atom stereocenters. The second kappa shape index (κ2) is 8.47. The van der Waals surface area contributed by atoms with Gasteiger partial charge in [0.1, 0.15) is 17.4 Å². The van der Waals surface area contributed by atoms with Crippen LogP contribution in [-0.4, -0.2) is 36.2 Å². The molecule has 0 saturated carbocycles. The number of pyridine rings is 2. The number of nitrogens with zero attached hydrogens (tertiary/aromatic N) is 2. The molecule has 7 nitrogen and oxygen atoms in total. The predicted molar refractivity (Wildman–Crippen MR) is 125 cm³/mol. The number of ether oxygens (including phenoxy) is 2. The van der Waals surface area contributed by atoms with Crippen LogP contribution < -0.4 is 9.47 Å². The molecule has 10 heteroatoms. The molecule has 0 saturated heterocycles. The molecule has 32 heavy (non-hydrogen) atoms. The average molecular weight is 485 g/mol. The maximum Gasteiger partial charge on any atom is 0.304 e. The van der Waals surface area contributed by atoms with Gasteiger partial charge in [-0.2, -0.15) is 8.42 Å². The van der Waals surface area contributed by atoms with Crippen molar-refractivity contribution in [2.75, 3.05) is 13.2 Å². The number of aromatic nitrogens is 2. The zero-order chi connectivity index (χ0) is 22.1. The van der Waals surface area contributed by atoms with Crippen LogP contribution in [0.3, 0.4) is 0 Å². The third-order valence-corrected chi connectivity index (χ3v) is 8.04. The van der Waals surface area contributed by atoms with Gasteiger partial charge >= 0.3 is 10.1 Å². The van der Waals surface area contributed by atoms with Gasteiger partial charge in [-0.15, -0.1) is 22.7 Å². The summed E-state index contributed by atoms with van der Waals surface area (Å²) in [6.45, 7) is 1.11. The van der Waals surface area contributed by atoms with Gasteiger partial charge < -0.3 is 9.47 Å². The first-order valence-corrected chi connectivity index (χ1v) is 12.7. The Morgan fingerprint density at radius 1 is 0.969 bits per heavy atom. The number of hydrogen-bond donors (Lipinski definition) is 1. The van der Waals surface area contributed by atoms with E-state index >= 15 is 0 Å². The van der Waals surface area contributed by atoms with Crippen molar-refractivity contribution >= 4 is 44.9 Å². The van der Waals surface area contributed by atoms with Gasteiger partial charge in [-0.3, -0.25) is 14.5 Å². The van der Waals surface area contributed by atoms with Gasteiger partial charge in [-0.25, -0.2) is 0 Å². The third kappa shape index (κ3) is 4.30. The molecule has 0 spiro atoms. The second-order valence-electron chi connectivity index (χ2n) is 6.82. The average Bonchev–Trinajstić information content (AvgIpc) is 3.46. The monoisotopic (exact) mass is 484 g/mol. The van der Waals surface area contributed by atoms with Gasteiger partial charge in [0.25, 0.3) is 0 Å². The van der Waals surface area contributed by atoms with Gasteiger partial charge in [0.15, 0.2) is 11.5 Å². The van der Waals surface area contributed by atoms with Crippen LogP contribution in [0.25, 0.3) is 34.0 Å². The Hall–Kier alpha value is -3.05. The smallest absolute Gasteiger partial charge is 0.304 e. The van der Waals surface area contributed by atoms with Gasteiger partial charge in [-0.05, 0) is 53.6 Å². The summed E-state index contributed by atoms with van der Waals surface area (Å²) in [7, 11) is -4.22. The van der Waals surface area contributed by atoms with Crippen LogP contribution >= 0.6 is 22.7 Å². The van der Waals surface area contributed by atoms with Crippen molar-refractivity contribution < 1.29 is 22.4 Å². The molecular formula is C22H16N2O5S3. The highest BCUT2D eigenvalue weighted by Gasteiger charge is 2.17. The van der Waals surface area contributed by atoms with Crippen LogP contribution in [0.5, 0.6) is 11.5 Å². The molecule has 0 radical (unpaired) electrons. The number of rotatable bonds is 5. The summed E-state index contributed by atoms with van der Waals surface area (Å²) >= 11 is 2.56. The molecule has 5 heterocycles. The highest BCUT2D eigenvalue weighted by atomic mass is 32.3. The Labute approximate surface area is 192 Å². The lowest BCUT2D eigenvalue weighted by molar-refractivity contribution is 0.173. The molecule has 1 aliphatic rings. The molecule has 1 N–H and O–H groups in total. The van der Waals surface area contributed by atoms with Gasteiger partial charge in [0, 0.05) is 22.7 Å². The van der Waals surface area contributed by atoms with E-state index in [-0.39, 0.29) is 4.21 Å². The molecule has 0 aliphatic carbocycles. The standard InChI is InChI=1S/C22H16N2O5S3/c25-32(26,27)21-4-3-19(31-21)15-6-8-24-17(12-15)16-11-14(5-7-23-16)1-2-20-22-18(13-30-20)28-9-10-29-22/h1-8,11-13H,9-10H2,(H,25,26,27)/b2-1+. The first-order chi connectivity index (χ1) is 15.5. The Morgan fingerprint density at radius 2 is 1.75 bits per heavy atom. The van der Waals surface area contributed by atoms with E-state index in [1.165, 1.54) is 6.07 Å². The SMILES string of the molecule is O=S(=O)(O)c1ccc(-c2ccnc(-c3cc(/C=C/c4scc5c4OCCO5)ccn3)c2)s1. The lowest BCUT2D eigenvalue weighted by atomic mass is 10.1. The Morgan fingerprint density at radius 3 is 2.56 bits per heavy atom. The van der Waals surface area contributed by atoms with E-state index in [4.69, 9.17) is 9.47 Å². The highest BCUT2D eigenvalue weighted by molar-refractivity contribution is 7.88. The van der Waals surface area contributed by atoms with E-state index in [9.17, 15) is 13.0 Å². The zero-order valence-corrected chi connectivity index (χ0v) is 18.9. The van der Waals surface area contributed by atoms with E-state index in [0.29, 0.717) is 29.5 Å². The quantitative estimate of drug-likeness (QED) is 0.393. The minimum Gasteiger partial charge on any atom is -0.485 e. The van der Waals surface area contributed by atoms with E-state index in [2.05, 4.69) is 9.97 Å². The van der Waals surface area contributed by atoms with Crippen LogP contribution in [-0.2, 0) is 10.1 Å². The Kier molecular flexibility index (Phi) is 5.51. The summed E-state index contributed by atoms with van der Waals surface area (Å²) in [4.78, 5) is 10.6. The highest BCUT2D eigenvalue weighted by Crippen LogP contribution is 2.40. The summed E-state index contributed by atoms with van der Waals surface area (Å²) in [6.07, 6.45) is 7.34. The van der Waals surface area contributed by atoms with Crippen LogP contribution in [0.1, 0.15) is 10.4 Å². The van der Waals surface area contributed by atoms with E-state index < -0.39 is 10.1 Å². The molecule has 0 amide bonds. The first-order valence-electron chi connectivity index (χ1n) is 9.53. The Balaban J connectivity index is 1.42. The fourth-order valence-corrected chi connectivity index (χ4v) is 5.68. The van der Waals surface area contributed by atoms with E-state index in [0.717, 1.165) is 38.8 Å². The normalized spacial score (nSPS) is 13.5. The van der Waals surface area contributed by atoms with E-state index in [1.807, 2.05) is 35.7 Å². The summed E-state index contributed by atoms with van der Waals surface area (Å²) in [5.74, 6) is 1.56. The fourth-order valence-electron chi connectivity index (χ4n) is 3.20. The first kappa shape index (κ1) is 20.8. The lowest BCUT2D eigenvalue weighted by Crippen LogP contribution is -2.14. The molecular weight excluding hydrogens is 468 g/mol. The zero-order valence-electron chi connectivity index (χ0n) is 16.5. The molecule has 0 aromatic carbocycles. The molecule has 4 aromatic heterocycles. The van der Waals surface area contributed by atoms with Crippen molar-refractivity contribution in [3.63, 3.8) is 0 Å². The molecule has 162 valence electrons. The van der Waals surface area contributed by atoms with Crippen molar-refractivity contribution in [1.29, 1.82) is 0 Å². The van der Waals surface area contributed by atoms with Crippen LogP contribution in [0.15, 0.2) is 58.4 Å². The van der Waals surface area contributed by atoms with Gasteiger partial charge in [-0.1, -0.05) is 6.08 Å². The largest absolute Gasteiger partial charge is 0.485 e. The van der Waals surface area contributed by atoms with Crippen molar-refractivity contribution in [2.45, 2.75) is 4.21 Å². The molecule has 0 atom stereocenters. The summed E-state index contributed by atoms with van der Waals surface area (Å²) in [5, 5.41) is 1.94. The lowest BCUT2D eigenvalue weighted by Gasteiger charge is -2.15. The van der Waals surface area contributed by atoms with Crippen molar-refractivity contribution in [2.24, 2.45) is 0 Å². The minimum absolute atomic E-state index is 0.0960. The molecule has 0 fully saturated rings. The predicted octanol–water partition coefficient (Wildman–Crippen LogP) is 5.12. The maximum atomic E-state index is 11.4. The number of fused-ring (bicyclic) bond motifs is 1. The van der Waals surface area contributed by atoms with Gasteiger partial charge in [0.05, 0.1) is 16.3 Å². The fraction of sp³-hybridized carbons (Fsp3) is 0.0909. The van der Waals surface area contributed by atoms with Crippen molar-refractivity contribution in [1.82, 2.24) is 9.97 Å². The van der Waals surface area contributed by atoms with Gasteiger partial charge in [0.2, 0.25) is 0 Å². The summed E-state index contributed by atoms with van der Waals surface area (Å²) < 4.78 is 43.1. The van der Waals surface area contributed by atoms with Crippen LogP contribution in [0.2, 0.25) is 0 Å². The Bertz CT molecular complexity index is 1420. The van der Waals surface area contributed by atoms with Crippen LogP contribution in [0, 0.1) is 0 Å². The second-order valence-corrected chi connectivity index (χ2v) is 10.5. The minimum atomic E-state index is -4.22. The van der Waals surface area contributed by atoms with E-state index in [1.54, 1.807) is 35.9 Å². The summed E-state index contributed by atoms with van der Waals surface area (Å²) in [6, 6.07) is 10.5. The van der Waals surface area contributed by atoms with Crippen molar-refractivity contribution in [3.8, 4) is 33.3 Å².